The van der Waals surface area contributed by atoms with Gasteiger partial charge < -0.3 is 41.0 Å². The molecular formula is C47H48N10O10S. The number of fused-ring (bicyclic) bond motifs is 3. The third kappa shape index (κ3) is 11.7. The number of para-hydroxylation sites is 2. The summed E-state index contributed by atoms with van der Waals surface area (Å²) in [6.45, 7) is 6.16. The normalized spacial score (nSPS) is 11.9. The third-order valence-corrected chi connectivity index (χ3v) is 11.5. The third-order valence-electron chi connectivity index (χ3n) is 10.8. The molecule has 3 aromatic heterocycles. The second-order valence-corrected chi connectivity index (χ2v) is 17.3. The number of pyridine rings is 1. The van der Waals surface area contributed by atoms with E-state index >= 15 is 0 Å². The number of aryl methyl sites for hydroxylation is 3. The van der Waals surface area contributed by atoms with Crippen molar-refractivity contribution < 1.29 is 46.2 Å². The van der Waals surface area contributed by atoms with Crippen molar-refractivity contribution in [1.82, 2.24) is 35.9 Å². The van der Waals surface area contributed by atoms with Crippen LogP contribution in [0.15, 0.2) is 95.9 Å². The summed E-state index contributed by atoms with van der Waals surface area (Å²) in [4.78, 5) is 79.6. The Morgan fingerprint density at radius 3 is 2.13 bits per heavy atom. The average Bonchev–Trinajstić information content (AvgIpc) is 3.31. The summed E-state index contributed by atoms with van der Waals surface area (Å²) >= 11 is 0. The number of benzene rings is 4. The minimum Gasteiger partial charge on any atom is -0.748 e. The van der Waals surface area contributed by atoms with Gasteiger partial charge in [-0.05, 0) is 80.4 Å². The molecule has 20 nitrogen and oxygen atoms in total. The lowest BCUT2D eigenvalue weighted by atomic mass is 10.0. The molecule has 3 amide bonds. The summed E-state index contributed by atoms with van der Waals surface area (Å²) in [7, 11) is -4.40. The molecule has 0 saturated heterocycles. The number of esters is 1. The van der Waals surface area contributed by atoms with Crippen LogP contribution in [-0.4, -0.2) is 94.7 Å². The van der Waals surface area contributed by atoms with Crippen molar-refractivity contribution in [3.8, 4) is 5.75 Å². The fourth-order valence-corrected chi connectivity index (χ4v) is 8.02. The molecular weight excluding hydrogens is 897 g/mol. The van der Waals surface area contributed by atoms with Gasteiger partial charge in [-0.1, -0.05) is 24.3 Å². The number of rotatable bonds is 19. The molecule has 1 atom stereocenters. The summed E-state index contributed by atoms with van der Waals surface area (Å²) in [6, 6.07) is 23.4. The highest BCUT2D eigenvalue weighted by Crippen LogP contribution is 2.30. The zero-order valence-electron chi connectivity index (χ0n) is 37.3. The second kappa shape index (κ2) is 21.2. The molecule has 0 aliphatic heterocycles. The average molecular weight is 945 g/mol. The number of carbonyl (C=O) groups is 4. The Labute approximate surface area is 389 Å². The van der Waals surface area contributed by atoms with Crippen LogP contribution in [0.5, 0.6) is 5.75 Å². The van der Waals surface area contributed by atoms with Gasteiger partial charge in [0.05, 0.1) is 58.1 Å². The first-order chi connectivity index (χ1) is 32.6. The quantitative estimate of drug-likeness (QED) is 0.0170. The molecule has 68 heavy (non-hydrogen) atoms. The zero-order valence-corrected chi connectivity index (χ0v) is 38.1. The Morgan fingerprint density at radius 1 is 0.853 bits per heavy atom. The van der Waals surface area contributed by atoms with E-state index in [1.54, 1.807) is 81.4 Å². The first kappa shape index (κ1) is 48.1. The SMILES string of the molecule is Cc1cc(C(=O)NCCOCCNC(=O)C(C)NC(=O)c2ccc(NCc3cnc4nc(N)[nH]c(=O)c4n3)cc2)cc(C)c1OC(=O)c1c2ccccc2[n+](CCCS(=O)(=O)[O-])c2ccccc12. The fraction of sp³-hybridized carbons (Fsp3) is 0.255. The van der Waals surface area contributed by atoms with Crippen LogP contribution in [0.1, 0.15) is 61.2 Å². The topological polar surface area (TPSA) is 293 Å². The van der Waals surface area contributed by atoms with Crippen LogP contribution in [0, 0.1) is 13.8 Å². The van der Waals surface area contributed by atoms with Gasteiger partial charge in [-0.25, -0.2) is 23.2 Å². The summed E-state index contributed by atoms with van der Waals surface area (Å²) < 4.78 is 47.5. The van der Waals surface area contributed by atoms with Crippen LogP contribution in [-0.2, 0) is 32.7 Å². The van der Waals surface area contributed by atoms with E-state index in [2.05, 4.69) is 41.2 Å². The standard InChI is InChI=1S/C47H48N10O10S/c1-27-23-31(24-28(2)40(27)67-46(62)38-34-9-4-6-11-36(34)57(19-8-22-68(63,64)65)37-12-7-5-10-35(37)38)43(59)50-18-21-66-20-17-49-42(58)29(3)53-44(60)30-13-15-32(16-14-30)51-25-33-26-52-41-39(54-33)45(61)56-47(48)55-41/h4-7,9-16,23-24,26,29H,8,17-22,25H2,1-3H3,(H7-,48,49,50,51,52,53,55,56,58,59,60,61,63,64,65). The summed E-state index contributed by atoms with van der Waals surface area (Å²) in [5.41, 5.74) is 9.88. The number of hydrogen-bond donors (Lipinski definition) is 6. The molecule has 7 aromatic rings. The van der Waals surface area contributed by atoms with E-state index in [-0.39, 0.29) is 68.8 Å². The lowest BCUT2D eigenvalue weighted by Gasteiger charge is -2.15. The van der Waals surface area contributed by atoms with Crippen LogP contribution < -0.4 is 41.9 Å². The van der Waals surface area contributed by atoms with Gasteiger partial charge >= 0.3 is 5.97 Å². The van der Waals surface area contributed by atoms with Crippen molar-refractivity contribution in [2.45, 2.75) is 46.3 Å². The predicted molar refractivity (Wildman–Crippen MR) is 251 cm³/mol. The van der Waals surface area contributed by atoms with Gasteiger partial charge in [-0.2, -0.15) is 9.55 Å². The number of amides is 3. The van der Waals surface area contributed by atoms with Crippen LogP contribution in [0.2, 0.25) is 0 Å². The highest BCUT2D eigenvalue weighted by molar-refractivity contribution is 7.85. The minimum atomic E-state index is -4.40. The molecule has 0 aliphatic carbocycles. The number of anilines is 2. The van der Waals surface area contributed by atoms with Gasteiger partial charge in [0.2, 0.25) is 22.9 Å². The molecule has 4 aromatic carbocycles. The number of nitrogens with zero attached hydrogens (tertiary/aromatic N) is 4. The summed E-state index contributed by atoms with van der Waals surface area (Å²) in [6.07, 6.45) is 1.58. The lowest BCUT2D eigenvalue weighted by molar-refractivity contribution is -0.645. The maximum atomic E-state index is 14.0. The number of aromatic nitrogens is 5. The van der Waals surface area contributed by atoms with Gasteiger partial charge in [0.1, 0.15) is 11.8 Å². The molecule has 21 heteroatoms. The van der Waals surface area contributed by atoms with Crippen LogP contribution >= 0.6 is 0 Å². The molecule has 7 rings (SSSR count). The van der Waals surface area contributed by atoms with E-state index in [1.807, 2.05) is 28.8 Å². The largest absolute Gasteiger partial charge is 0.748 e. The van der Waals surface area contributed by atoms with E-state index < -0.39 is 45.3 Å². The molecule has 1 unspecified atom stereocenters. The number of ether oxygens (including phenoxy) is 2. The number of nitrogens with one attached hydrogen (secondary N) is 5. The van der Waals surface area contributed by atoms with Gasteiger partial charge in [0, 0.05) is 54.2 Å². The van der Waals surface area contributed by atoms with Crippen LogP contribution in [0.3, 0.4) is 0 Å². The smallest absolute Gasteiger partial charge is 0.345 e. The molecule has 0 bridgehead atoms. The first-order valence-corrected chi connectivity index (χ1v) is 23.0. The number of nitrogen functional groups attached to an aromatic ring is 1. The van der Waals surface area contributed by atoms with Crippen LogP contribution in [0.4, 0.5) is 11.6 Å². The number of hydrogen-bond acceptors (Lipinski definition) is 15. The molecule has 0 spiro atoms. The molecule has 3 heterocycles. The Balaban J connectivity index is 0.839. The monoisotopic (exact) mass is 944 g/mol. The van der Waals surface area contributed by atoms with Crippen molar-refractivity contribution >= 4 is 78.4 Å². The lowest BCUT2D eigenvalue weighted by Crippen LogP contribution is -2.45. The van der Waals surface area contributed by atoms with Crippen molar-refractivity contribution in [2.24, 2.45) is 0 Å². The Morgan fingerprint density at radius 2 is 1.49 bits per heavy atom. The van der Waals surface area contributed by atoms with Crippen molar-refractivity contribution in [2.75, 3.05) is 43.1 Å². The highest BCUT2D eigenvalue weighted by atomic mass is 32.2. The first-order valence-electron chi connectivity index (χ1n) is 21.5. The van der Waals surface area contributed by atoms with Crippen molar-refractivity contribution in [3.05, 3.63) is 135 Å². The van der Waals surface area contributed by atoms with Gasteiger partial charge in [0.15, 0.2) is 17.7 Å². The second-order valence-electron chi connectivity index (χ2n) is 15.8. The molecule has 7 N–H and O–H groups in total. The summed E-state index contributed by atoms with van der Waals surface area (Å²) in [5.74, 6) is -2.11. The van der Waals surface area contributed by atoms with E-state index in [1.165, 1.54) is 6.20 Å². The molecule has 0 saturated carbocycles. The zero-order chi connectivity index (χ0) is 48.5. The number of nitrogens with two attached hydrogens (primary N) is 1. The minimum absolute atomic E-state index is 0.0509. The maximum absolute atomic E-state index is 14.0. The van der Waals surface area contributed by atoms with Crippen molar-refractivity contribution in [1.29, 1.82) is 0 Å². The Bertz CT molecular complexity index is 3160. The molecule has 0 radical (unpaired) electrons. The van der Waals surface area contributed by atoms with Gasteiger partial charge in [0.25, 0.3) is 17.4 Å². The maximum Gasteiger partial charge on any atom is 0.345 e. The fourth-order valence-electron chi connectivity index (χ4n) is 7.54. The number of H-pyrrole nitrogens is 1. The highest BCUT2D eigenvalue weighted by Gasteiger charge is 2.26. The van der Waals surface area contributed by atoms with Crippen LogP contribution in [0.25, 0.3) is 33.0 Å². The predicted octanol–water partition coefficient (Wildman–Crippen LogP) is 2.95. The number of carbonyl (C=O) groups excluding carboxylic acids is 4. The Kier molecular flexibility index (Phi) is 15.0. The Hall–Kier alpha value is -7.88. The molecule has 0 aliphatic rings. The van der Waals surface area contributed by atoms with Gasteiger partial charge in [-0.3, -0.25) is 24.2 Å². The van der Waals surface area contributed by atoms with E-state index in [9.17, 15) is 36.9 Å². The summed E-state index contributed by atoms with van der Waals surface area (Å²) in [5, 5.41) is 12.5. The van der Waals surface area contributed by atoms with Crippen molar-refractivity contribution in [3.63, 3.8) is 0 Å². The van der Waals surface area contributed by atoms with Gasteiger partial charge in [-0.15, -0.1) is 0 Å². The van der Waals surface area contributed by atoms with E-state index in [4.69, 9.17) is 15.2 Å². The number of aromatic amines is 1. The molecule has 352 valence electrons. The van der Waals surface area contributed by atoms with E-state index in [0.29, 0.717) is 66.8 Å². The van der Waals surface area contributed by atoms with E-state index in [0.717, 1.165) is 0 Å². The molecule has 0 fully saturated rings.